The van der Waals surface area contributed by atoms with Gasteiger partial charge in [0.15, 0.2) is 5.78 Å². The maximum atomic E-state index is 13.2. The summed E-state index contributed by atoms with van der Waals surface area (Å²) in [5, 5.41) is 0. The molecule has 0 aromatic heterocycles. The highest BCUT2D eigenvalue weighted by Crippen LogP contribution is 2.28. The molecule has 0 radical (unpaired) electrons. The number of ketones is 1. The third-order valence-electron chi connectivity index (χ3n) is 4.71. The molecule has 0 bridgehead atoms. The molecule has 1 aliphatic carbocycles. The van der Waals surface area contributed by atoms with Gasteiger partial charge in [-0.15, -0.1) is 0 Å². The fourth-order valence-corrected chi connectivity index (χ4v) is 4.81. The van der Waals surface area contributed by atoms with Crippen LogP contribution in [0.15, 0.2) is 47.4 Å². The molecule has 2 aromatic rings. The Kier molecular flexibility index (Phi) is 4.95. The van der Waals surface area contributed by atoms with Crippen molar-refractivity contribution in [2.24, 2.45) is 0 Å². The van der Waals surface area contributed by atoms with Crippen LogP contribution < -0.4 is 4.31 Å². The van der Waals surface area contributed by atoms with Crippen LogP contribution in [0.2, 0.25) is 0 Å². The molecule has 2 aromatic carbocycles. The molecule has 0 atom stereocenters. The van der Waals surface area contributed by atoms with Crippen molar-refractivity contribution >= 4 is 21.5 Å². The van der Waals surface area contributed by atoms with Gasteiger partial charge in [-0.05, 0) is 61.6 Å². The van der Waals surface area contributed by atoms with Crippen LogP contribution in [-0.2, 0) is 22.9 Å². The molecule has 4 nitrogen and oxygen atoms in total. The molecular formula is C20H23NO3S. The van der Waals surface area contributed by atoms with E-state index in [0.29, 0.717) is 24.2 Å². The van der Waals surface area contributed by atoms with Crippen LogP contribution in [0.1, 0.15) is 48.2 Å². The Hall–Kier alpha value is -2.14. The van der Waals surface area contributed by atoms with E-state index in [0.717, 1.165) is 30.4 Å². The average molecular weight is 357 g/mol. The quantitative estimate of drug-likeness (QED) is 0.813. The lowest BCUT2D eigenvalue weighted by Crippen LogP contribution is -2.31. The van der Waals surface area contributed by atoms with E-state index in [-0.39, 0.29) is 10.7 Å². The van der Waals surface area contributed by atoms with E-state index < -0.39 is 10.0 Å². The van der Waals surface area contributed by atoms with Crippen molar-refractivity contribution in [1.82, 2.24) is 0 Å². The highest BCUT2D eigenvalue weighted by molar-refractivity contribution is 7.92. The van der Waals surface area contributed by atoms with E-state index in [4.69, 9.17) is 0 Å². The van der Waals surface area contributed by atoms with Gasteiger partial charge < -0.3 is 0 Å². The minimum absolute atomic E-state index is 0.0364. The number of rotatable bonds is 5. The fraction of sp³-hybridized carbons (Fsp3) is 0.350. The van der Waals surface area contributed by atoms with Gasteiger partial charge in [-0.2, -0.15) is 0 Å². The molecule has 5 heteroatoms. The Labute approximate surface area is 149 Å². The van der Waals surface area contributed by atoms with Crippen LogP contribution >= 0.6 is 0 Å². The van der Waals surface area contributed by atoms with Gasteiger partial charge in [0.25, 0.3) is 10.0 Å². The summed E-state index contributed by atoms with van der Waals surface area (Å²) in [7, 11) is -3.70. The van der Waals surface area contributed by atoms with Gasteiger partial charge in [-0.25, -0.2) is 8.42 Å². The summed E-state index contributed by atoms with van der Waals surface area (Å²) in [6.07, 6.45) is 3.01. The first-order valence-corrected chi connectivity index (χ1v) is 10.2. The lowest BCUT2D eigenvalue weighted by Gasteiger charge is -2.24. The van der Waals surface area contributed by atoms with Crippen molar-refractivity contribution in [1.29, 1.82) is 0 Å². The maximum absolute atomic E-state index is 13.2. The Morgan fingerprint density at radius 1 is 1.04 bits per heavy atom. The predicted molar refractivity (Wildman–Crippen MR) is 99.7 cm³/mol. The van der Waals surface area contributed by atoms with Gasteiger partial charge in [0.2, 0.25) is 0 Å². The van der Waals surface area contributed by atoms with Crippen molar-refractivity contribution in [3.8, 4) is 0 Å². The zero-order valence-electron chi connectivity index (χ0n) is 14.7. The lowest BCUT2D eigenvalue weighted by molar-refractivity contribution is 0.0972. The minimum Gasteiger partial charge on any atom is -0.294 e. The second kappa shape index (κ2) is 7.00. The number of nitrogens with zero attached hydrogens (tertiary/aromatic N) is 1. The van der Waals surface area contributed by atoms with E-state index in [1.54, 1.807) is 18.2 Å². The summed E-state index contributed by atoms with van der Waals surface area (Å²) in [6.45, 7) is 4.19. The lowest BCUT2D eigenvalue weighted by atomic mass is 9.91. The van der Waals surface area contributed by atoms with E-state index in [9.17, 15) is 13.2 Å². The maximum Gasteiger partial charge on any atom is 0.264 e. The Morgan fingerprint density at radius 3 is 2.56 bits per heavy atom. The van der Waals surface area contributed by atoms with E-state index in [2.05, 4.69) is 0 Å². The molecule has 0 saturated heterocycles. The van der Waals surface area contributed by atoms with Crippen molar-refractivity contribution in [3.05, 3.63) is 59.2 Å². The molecule has 0 saturated carbocycles. The van der Waals surface area contributed by atoms with Crippen molar-refractivity contribution in [2.45, 2.75) is 44.4 Å². The monoisotopic (exact) mass is 357 g/mol. The molecule has 132 valence electrons. The number of Topliss-reactive ketones (excluding diaryl/α,β-unsaturated/α-hetero) is 1. The smallest absolute Gasteiger partial charge is 0.264 e. The fourth-order valence-electron chi connectivity index (χ4n) is 3.32. The first-order chi connectivity index (χ1) is 12.0. The molecule has 0 N–H and O–H groups in total. The number of benzene rings is 2. The van der Waals surface area contributed by atoms with Gasteiger partial charge in [0.05, 0.1) is 10.6 Å². The number of fused-ring (bicyclic) bond motifs is 1. The third kappa shape index (κ3) is 3.33. The number of carbonyl (C=O) groups excluding carboxylic acids is 1. The van der Waals surface area contributed by atoms with Gasteiger partial charge in [-0.3, -0.25) is 9.10 Å². The van der Waals surface area contributed by atoms with Crippen LogP contribution in [0.3, 0.4) is 0 Å². The summed E-state index contributed by atoms with van der Waals surface area (Å²) >= 11 is 0. The topological polar surface area (TPSA) is 54.5 Å². The van der Waals surface area contributed by atoms with Crippen LogP contribution in [-0.4, -0.2) is 20.7 Å². The zero-order valence-corrected chi connectivity index (χ0v) is 15.5. The van der Waals surface area contributed by atoms with Gasteiger partial charge in [0, 0.05) is 18.5 Å². The van der Waals surface area contributed by atoms with Crippen LogP contribution in [0.5, 0.6) is 0 Å². The van der Waals surface area contributed by atoms with Crippen molar-refractivity contribution in [2.75, 3.05) is 10.8 Å². The minimum atomic E-state index is -3.70. The summed E-state index contributed by atoms with van der Waals surface area (Å²) < 4.78 is 27.7. The molecule has 25 heavy (non-hydrogen) atoms. The highest BCUT2D eigenvalue weighted by atomic mass is 32.2. The molecule has 0 spiro atoms. The Morgan fingerprint density at radius 2 is 1.84 bits per heavy atom. The van der Waals surface area contributed by atoms with E-state index in [1.165, 1.54) is 4.31 Å². The average Bonchev–Trinajstić information content (AvgIpc) is 2.62. The van der Waals surface area contributed by atoms with Crippen LogP contribution in [0.25, 0.3) is 0 Å². The predicted octanol–water partition coefficient (Wildman–Crippen LogP) is 3.98. The molecule has 0 aliphatic heterocycles. The van der Waals surface area contributed by atoms with Crippen molar-refractivity contribution in [3.63, 3.8) is 0 Å². The highest BCUT2D eigenvalue weighted by Gasteiger charge is 2.26. The molecule has 0 heterocycles. The van der Waals surface area contributed by atoms with Crippen LogP contribution in [0.4, 0.5) is 5.69 Å². The number of hydrogen-bond donors (Lipinski definition) is 0. The first kappa shape index (κ1) is 17.7. The van der Waals surface area contributed by atoms with E-state index >= 15 is 0 Å². The first-order valence-electron chi connectivity index (χ1n) is 8.75. The summed E-state index contributed by atoms with van der Waals surface area (Å²) in [6, 6.07) is 12.5. The number of sulfonamides is 1. The molecule has 3 rings (SSSR count). The second-order valence-corrected chi connectivity index (χ2v) is 8.15. The summed E-state index contributed by atoms with van der Waals surface area (Å²) in [5.74, 6) is 0.0364. The standard InChI is InChI=1S/C20H23NO3S/c1-3-15-7-5-9-17(13-15)21(4-2)25(23,24)18-12-11-16-8-6-10-20(22)19(16)14-18/h5,7,9,11-14H,3-4,6,8,10H2,1-2H3. The largest absolute Gasteiger partial charge is 0.294 e. The Bertz CT molecular complexity index is 903. The number of aryl methyl sites for hydroxylation is 2. The summed E-state index contributed by atoms with van der Waals surface area (Å²) in [5.41, 5.74) is 3.26. The molecule has 0 amide bonds. The summed E-state index contributed by atoms with van der Waals surface area (Å²) in [4.78, 5) is 12.3. The number of carbonyl (C=O) groups is 1. The molecule has 0 fully saturated rings. The van der Waals surface area contributed by atoms with Crippen molar-refractivity contribution < 1.29 is 13.2 Å². The second-order valence-electron chi connectivity index (χ2n) is 6.29. The molecular weight excluding hydrogens is 334 g/mol. The van der Waals surface area contributed by atoms with E-state index in [1.807, 2.05) is 38.1 Å². The van der Waals surface area contributed by atoms with Gasteiger partial charge in [0.1, 0.15) is 0 Å². The third-order valence-corrected chi connectivity index (χ3v) is 6.61. The number of anilines is 1. The van der Waals surface area contributed by atoms with Gasteiger partial charge >= 0.3 is 0 Å². The number of hydrogen-bond acceptors (Lipinski definition) is 3. The van der Waals surface area contributed by atoms with Gasteiger partial charge in [-0.1, -0.05) is 25.1 Å². The SMILES string of the molecule is CCc1cccc(N(CC)S(=O)(=O)c2ccc3c(c2)C(=O)CCC3)c1. The Balaban J connectivity index is 2.05. The normalized spacial score (nSPS) is 14.2. The molecule has 1 aliphatic rings. The molecule has 0 unspecified atom stereocenters. The zero-order chi connectivity index (χ0) is 18.0. The van der Waals surface area contributed by atoms with Crippen LogP contribution in [0, 0.1) is 0 Å².